The molecule has 2 N–H and O–H groups in total. The summed E-state index contributed by atoms with van der Waals surface area (Å²) in [7, 11) is 0. The van der Waals surface area contributed by atoms with Crippen molar-refractivity contribution in [3.8, 4) is 11.5 Å². The van der Waals surface area contributed by atoms with Gasteiger partial charge in [0, 0.05) is 12.2 Å². The molecule has 0 radical (unpaired) electrons. The summed E-state index contributed by atoms with van der Waals surface area (Å²) < 4.78 is 5.85. The van der Waals surface area contributed by atoms with Gasteiger partial charge in [0.05, 0.1) is 16.0 Å². The molecule has 31 heavy (non-hydrogen) atoms. The van der Waals surface area contributed by atoms with Gasteiger partial charge in [-0.1, -0.05) is 41.8 Å². The first kappa shape index (κ1) is 23.5. The zero-order valence-corrected chi connectivity index (χ0v) is 19.0. The summed E-state index contributed by atoms with van der Waals surface area (Å²) in [5.41, 5.74) is 1.30. The monoisotopic (exact) mass is 462 g/mol. The molecule has 2 aromatic rings. The van der Waals surface area contributed by atoms with Crippen LogP contribution in [-0.4, -0.2) is 42.2 Å². The largest absolute Gasteiger partial charge is 0.504 e. The molecular weight excluding hydrogens is 435 g/mol. The Bertz CT molecular complexity index is 914. The number of ether oxygens (including phenoxy) is 1. The van der Waals surface area contributed by atoms with Gasteiger partial charge < -0.3 is 15.2 Å². The molecule has 0 aromatic heterocycles. The Kier molecular flexibility index (Phi) is 8.64. The van der Waals surface area contributed by atoms with Crippen molar-refractivity contribution in [2.45, 2.75) is 31.6 Å². The third kappa shape index (κ3) is 6.63. The van der Waals surface area contributed by atoms with Crippen LogP contribution in [-0.2, 0) is 4.79 Å². The fraction of sp³-hybridized carbons (Fsp3) is 0.375. The van der Waals surface area contributed by atoms with Crippen molar-refractivity contribution in [1.82, 2.24) is 4.90 Å². The lowest BCUT2D eigenvalue weighted by Gasteiger charge is -2.26. The van der Waals surface area contributed by atoms with Gasteiger partial charge in [-0.3, -0.25) is 9.69 Å². The number of amides is 1. The molecule has 0 saturated carbocycles. The number of piperidine rings is 1. The molecule has 0 spiro atoms. The van der Waals surface area contributed by atoms with Crippen molar-refractivity contribution in [2.24, 2.45) is 0 Å². The van der Waals surface area contributed by atoms with Gasteiger partial charge in [-0.2, -0.15) is 0 Å². The van der Waals surface area contributed by atoms with E-state index in [2.05, 4.69) is 16.8 Å². The second-order valence-corrected chi connectivity index (χ2v) is 8.49. The van der Waals surface area contributed by atoms with Gasteiger partial charge in [0.15, 0.2) is 11.5 Å². The highest BCUT2D eigenvalue weighted by atomic mass is 35.5. The number of carbonyl (C=O) groups excluding carboxylic acids is 1. The fourth-order valence-corrected chi connectivity index (χ4v) is 3.99. The zero-order chi connectivity index (χ0) is 22.2. The van der Waals surface area contributed by atoms with Gasteiger partial charge in [0.25, 0.3) is 0 Å². The highest BCUT2D eigenvalue weighted by Crippen LogP contribution is 2.33. The molecule has 1 aliphatic rings. The summed E-state index contributed by atoms with van der Waals surface area (Å²) in [6.45, 7) is 7.26. The number of phenols is 1. The molecule has 1 aliphatic heterocycles. The molecule has 166 valence electrons. The lowest BCUT2D eigenvalue weighted by molar-refractivity contribution is -0.117. The van der Waals surface area contributed by atoms with Gasteiger partial charge in [0.2, 0.25) is 5.91 Å². The number of benzene rings is 2. The fourth-order valence-electron chi connectivity index (χ4n) is 3.70. The maximum atomic E-state index is 13.0. The van der Waals surface area contributed by atoms with Gasteiger partial charge >= 0.3 is 0 Å². The summed E-state index contributed by atoms with van der Waals surface area (Å²) in [5, 5.41) is 13.9. The van der Waals surface area contributed by atoms with Gasteiger partial charge in [0.1, 0.15) is 6.61 Å². The van der Waals surface area contributed by atoms with Gasteiger partial charge in [-0.15, -0.1) is 6.58 Å². The number of allylic oxidation sites excluding steroid dienone is 1. The molecule has 1 fully saturated rings. The number of hydrogen-bond donors (Lipinski definition) is 2. The number of nitrogens with zero attached hydrogens (tertiary/aromatic N) is 1. The second-order valence-electron chi connectivity index (χ2n) is 7.67. The van der Waals surface area contributed by atoms with Crippen LogP contribution in [0, 0.1) is 0 Å². The highest BCUT2D eigenvalue weighted by Gasteiger charge is 2.21. The number of nitrogens with one attached hydrogen (secondary N) is 1. The molecule has 0 aliphatic carbocycles. The van der Waals surface area contributed by atoms with E-state index in [1.54, 1.807) is 42.5 Å². The molecule has 5 nitrogen and oxygen atoms in total. The normalized spacial score (nSPS) is 15.3. The SMILES string of the molecule is C=CCC(C(=O)Nc1ccc(Cl)c(Cl)c1)c1ccc(O)c(OCCN2CCCCC2)c1. The van der Waals surface area contributed by atoms with Gasteiger partial charge in [-0.25, -0.2) is 0 Å². The number of aromatic hydroxyl groups is 1. The van der Waals surface area contributed by atoms with Gasteiger partial charge in [-0.05, 0) is 68.2 Å². The lowest BCUT2D eigenvalue weighted by Crippen LogP contribution is -2.33. The Morgan fingerprint density at radius 1 is 1.16 bits per heavy atom. The van der Waals surface area contributed by atoms with E-state index in [4.69, 9.17) is 27.9 Å². The maximum Gasteiger partial charge on any atom is 0.232 e. The van der Waals surface area contributed by atoms with Crippen LogP contribution >= 0.6 is 23.2 Å². The van der Waals surface area contributed by atoms with E-state index in [1.807, 2.05) is 0 Å². The maximum absolute atomic E-state index is 13.0. The average Bonchev–Trinajstić information content (AvgIpc) is 2.77. The third-order valence-corrected chi connectivity index (χ3v) is 6.15. The molecule has 1 saturated heterocycles. The van der Waals surface area contributed by atoms with Crippen LogP contribution in [0.2, 0.25) is 10.0 Å². The minimum Gasteiger partial charge on any atom is -0.504 e. The van der Waals surface area contributed by atoms with Crippen molar-refractivity contribution in [3.63, 3.8) is 0 Å². The Hall–Kier alpha value is -2.21. The summed E-state index contributed by atoms with van der Waals surface area (Å²) in [4.78, 5) is 15.3. The van der Waals surface area contributed by atoms with E-state index in [1.165, 1.54) is 19.3 Å². The Balaban J connectivity index is 1.69. The molecule has 1 heterocycles. The van der Waals surface area contributed by atoms with Crippen LogP contribution in [0.1, 0.15) is 37.2 Å². The Morgan fingerprint density at radius 3 is 2.65 bits per heavy atom. The molecule has 3 rings (SSSR count). The summed E-state index contributed by atoms with van der Waals surface area (Å²) in [6.07, 6.45) is 5.86. The first-order valence-electron chi connectivity index (χ1n) is 10.5. The molecule has 1 unspecified atom stereocenters. The number of hydrogen-bond acceptors (Lipinski definition) is 4. The molecule has 2 aromatic carbocycles. The number of anilines is 1. The van der Waals surface area contributed by atoms with Crippen LogP contribution in [0.3, 0.4) is 0 Å². The number of halogens is 2. The van der Waals surface area contributed by atoms with Crippen LogP contribution in [0.25, 0.3) is 0 Å². The number of likely N-dealkylation sites (tertiary alicyclic amines) is 1. The molecule has 1 atom stereocenters. The molecule has 7 heteroatoms. The smallest absolute Gasteiger partial charge is 0.232 e. The van der Waals surface area contributed by atoms with Crippen molar-refractivity contribution < 1.29 is 14.6 Å². The van der Waals surface area contributed by atoms with E-state index in [-0.39, 0.29) is 11.7 Å². The summed E-state index contributed by atoms with van der Waals surface area (Å²) >= 11 is 12.0. The van der Waals surface area contributed by atoms with Crippen LogP contribution in [0.4, 0.5) is 5.69 Å². The number of phenolic OH excluding ortho intramolecular Hbond substituents is 1. The molecular formula is C24H28Cl2N2O3. The van der Waals surface area contributed by atoms with E-state index in [0.717, 1.165) is 25.2 Å². The minimum absolute atomic E-state index is 0.0599. The number of rotatable bonds is 9. The molecule has 1 amide bonds. The van der Waals surface area contributed by atoms with Crippen LogP contribution < -0.4 is 10.1 Å². The quantitative estimate of drug-likeness (QED) is 0.457. The lowest BCUT2D eigenvalue weighted by atomic mass is 9.94. The average molecular weight is 463 g/mol. The third-order valence-electron chi connectivity index (χ3n) is 5.41. The summed E-state index contributed by atoms with van der Waals surface area (Å²) in [6, 6.07) is 9.97. The van der Waals surface area contributed by atoms with Crippen molar-refractivity contribution in [3.05, 3.63) is 64.7 Å². The second kappa shape index (κ2) is 11.4. The van der Waals surface area contributed by atoms with Crippen molar-refractivity contribution in [2.75, 3.05) is 31.6 Å². The molecule has 0 bridgehead atoms. The highest BCUT2D eigenvalue weighted by molar-refractivity contribution is 6.42. The topological polar surface area (TPSA) is 61.8 Å². The van der Waals surface area contributed by atoms with E-state index in [9.17, 15) is 9.90 Å². The van der Waals surface area contributed by atoms with Crippen LogP contribution in [0.15, 0.2) is 49.1 Å². The standard InChI is InChI=1S/C24H28Cl2N2O3/c1-2-6-19(24(30)27-18-8-9-20(25)21(26)16-18)17-7-10-22(29)23(15-17)31-14-13-28-11-4-3-5-12-28/h2,7-10,15-16,19,29H,1,3-6,11-14H2,(H,27,30). The number of carbonyl (C=O) groups is 1. The van der Waals surface area contributed by atoms with Crippen molar-refractivity contribution in [1.29, 1.82) is 0 Å². The summed E-state index contributed by atoms with van der Waals surface area (Å²) in [5.74, 6) is -0.254. The first-order chi connectivity index (χ1) is 15.0. The predicted molar refractivity (Wildman–Crippen MR) is 127 cm³/mol. The van der Waals surface area contributed by atoms with Crippen molar-refractivity contribution >= 4 is 34.8 Å². The zero-order valence-electron chi connectivity index (χ0n) is 17.4. The Morgan fingerprint density at radius 2 is 1.94 bits per heavy atom. The van der Waals surface area contributed by atoms with Crippen LogP contribution in [0.5, 0.6) is 11.5 Å². The van der Waals surface area contributed by atoms with E-state index >= 15 is 0 Å². The Labute approximate surface area is 193 Å². The predicted octanol–water partition coefficient (Wildman–Crippen LogP) is 5.86. The van der Waals surface area contributed by atoms with E-state index in [0.29, 0.717) is 34.5 Å². The first-order valence-corrected chi connectivity index (χ1v) is 11.3. The van der Waals surface area contributed by atoms with E-state index < -0.39 is 5.92 Å². The minimum atomic E-state index is -0.489.